The maximum atomic E-state index is 14.2. The summed E-state index contributed by atoms with van der Waals surface area (Å²) in [6.45, 7) is 3.49. The summed E-state index contributed by atoms with van der Waals surface area (Å²) < 4.78 is 14.2. The van der Waals surface area contributed by atoms with Gasteiger partial charge < -0.3 is 10.2 Å². The molecule has 0 radical (unpaired) electrons. The third kappa shape index (κ3) is 3.08. The first-order chi connectivity index (χ1) is 10.1. The van der Waals surface area contributed by atoms with Gasteiger partial charge in [-0.2, -0.15) is 4.98 Å². The lowest BCUT2D eigenvalue weighted by Gasteiger charge is -2.17. The Hall–Kier alpha value is -1.88. The van der Waals surface area contributed by atoms with E-state index < -0.39 is 5.82 Å². The van der Waals surface area contributed by atoms with Crippen LogP contribution in [0.15, 0.2) is 24.3 Å². The van der Waals surface area contributed by atoms with Crippen LogP contribution in [0.25, 0.3) is 0 Å². The predicted molar refractivity (Wildman–Crippen MR) is 82.9 cm³/mol. The molecule has 1 aliphatic rings. The Labute approximate surface area is 128 Å². The van der Waals surface area contributed by atoms with Crippen LogP contribution in [0.2, 0.25) is 5.02 Å². The molecule has 6 heteroatoms. The lowest BCUT2D eigenvalue weighted by atomic mass is 10.3. The van der Waals surface area contributed by atoms with Crippen LogP contribution in [0.1, 0.15) is 18.5 Å². The van der Waals surface area contributed by atoms with Gasteiger partial charge in [-0.05, 0) is 38.0 Å². The summed E-state index contributed by atoms with van der Waals surface area (Å²) in [5.41, 5.74) is 1.04. The molecule has 1 saturated heterocycles. The molecule has 21 heavy (non-hydrogen) atoms. The van der Waals surface area contributed by atoms with Gasteiger partial charge in [0.15, 0.2) is 11.6 Å². The van der Waals surface area contributed by atoms with Gasteiger partial charge in [-0.25, -0.2) is 9.37 Å². The van der Waals surface area contributed by atoms with Crippen LogP contribution >= 0.6 is 11.6 Å². The van der Waals surface area contributed by atoms with Gasteiger partial charge in [0.1, 0.15) is 0 Å². The fourth-order valence-electron chi connectivity index (χ4n) is 2.39. The molecular formula is C15H16ClFN4. The fourth-order valence-corrected chi connectivity index (χ4v) is 2.58. The molecule has 0 unspecified atom stereocenters. The second-order valence-corrected chi connectivity index (χ2v) is 5.54. The summed E-state index contributed by atoms with van der Waals surface area (Å²) >= 11 is 5.94. The van der Waals surface area contributed by atoms with Crippen LogP contribution in [-0.4, -0.2) is 23.1 Å². The van der Waals surface area contributed by atoms with Crippen LogP contribution in [0.5, 0.6) is 0 Å². The highest BCUT2D eigenvalue weighted by Gasteiger charge is 2.19. The van der Waals surface area contributed by atoms with Crippen molar-refractivity contribution in [3.05, 3.63) is 40.8 Å². The van der Waals surface area contributed by atoms with E-state index in [1.165, 1.54) is 0 Å². The number of halogens is 2. The Bertz CT molecular complexity index is 656. The zero-order chi connectivity index (χ0) is 14.8. The molecule has 4 nitrogen and oxygen atoms in total. The molecule has 0 amide bonds. The van der Waals surface area contributed by atoms with Crippen molar-refractivity contribution < 1.29 is 4.39 Å². The number of hydrogen-bond acceptors (Lipinski definition) is 4. The number of anilines is 3. The standard InChI is InChI=1S/C15H16ClFN4/c1-10-13(17)14(19-12-6-4-5-11(16)9-12)20-15(18-10)21-7-2-3-8-21/h4-6,9H,2-3,7-8H2,1H3,(H,18,19,20). The average molecular weight is 307 g/mol. The van der Waals surface area contributed by atoms with E-state index in [4.69, 9.17) is 11.6 Å². The highest BCUT2D eigenvalue weighted by molar-refractivity contribution is 6.30. The van der Waals surface area contributed by atoms with E-state index in [1.807, 2.05) is 6.07 Å². The van der Waals surface area contributed by atoms with E-state index in [9.17, 15) is 4.39 Å². The van der Waals surface area contributed by atoms with E-state index in [0.717, 1.165) is 25.9 Å². The average Bonchev–Trinajstić information content (AvgIpc) is 2.98. The molecule has 0 saturated carbocycles. The summed E-state index contributed by atoms with van der Waals surface area (Å²) in [7, 11) is 0. The van der Waals surface area contributed by atoms with Gasteiger partial charge in [0.25, 0.3) is 0 Å². The van der Waals surface area contributed by atoms with Gasteiger partial charge in [-0.1, -0.05) is 17.7 Å². The summed E-state index contributed by atoms with van der Waals surface area (Å²) in [6, 6.07) is 7.12. The number of nitrogens with zero attached hydrogens (tertiary/aromatic N) is 3. The predicted octanol–water partition coefficient (Wildman–Crippen LogP) is 3.92. The normalized spacial score (nSPS) is 14.5. The van der Waals surface area contributed by atoms with Crippen LogP contribution in [0.4, 0.5) is 21.8 Å². The van der Waals surface area contributed by atoms with Gasteiger partial charge in [-0.3, -0.25) is 0 Å². The number of hydrogen-bond donors (Lipinski definition) is 1. The molecule has 1 aromatic heterocycles. The second-order valence-electron chi connectivity index (χ2n) is 5.10. The molecule has 1 aromatic carbocycles. The summed E-state index contributed by atoms with van der Waals surface area (Å²) in [4.78, 5) is 10.7. The van der Waals surface area contributed by atoms with Crippen molar-refractivity contribution in [2.45, 2.75) is 19.8 Å². The smallest absolute Gasteiger partial charge is 0.227 e. The number of rotatable bonds is 3. The minimum atomic E-state index is -0.432. The molecule has 0 aliphatic carbocycles. The minimum Gasteiger partial charge on any atom is -0.341 e. The molecule has 1 fully saturated rings. The SMILES string of the molecule is Cc1nc(N2CCCC2)nc(Nc2cccc(Cl)c2)c1F. The molecule has 1 aliphatic heterocycles. The first-order valence-electron chi connectivity index (χ1n) is 6.95. The van der Waals surface area contributed by atoms with E-state index >= 15 is 0 Å². The zero-order valence-electron chi connectivity index (χ0n) is 11.7. The number of aryl methyl sites for hydroxylation is 1. The molecule has 0 spiro atoms. The van der Waals surface area contributed by atoms with E-state index in [2.05, 4.69) is 20.2 Å². The molecular weight excluding hydrogens is 291 g/mol. The van der Waals surface area contributed by atoms with Crippen molar-refractivity contribution in [1.82, 2.24) is 9.97 Å². The van der Waals surface area contributed by atoms with Crippen molar-refractivity contribution in [2.75, 3.05) is 23.3 Å². The Morgan fingerprint density at radius 3 is 2.71 bits per heavy atom. The quantitative estimate of drug-likeness (QED) is 0.933. The van der Waals surface area contributed by atoms with Crippen LogP contribution in [0, 0.1) is 12.7 Å². The molecule has 3 rings (SSSR count). The van der Waals surface area contributed by atoms with Crippen LogP contribution < -0.4 is 10.2 Å². The van der Waals surface area contributed by atoms with Gasteiger partial charge in [0.2, 0.25) is 5.95 Å². The fraction of sp³-hybridized carbons (Fsp3) is 0.333. The number of aromatic nitrogens is 2. The highest BCUT2D eigenvalue weighted by atomic mass is 35.5. The molecule has 1 N–H and O–H groups in total. The zero-order valence-corrected chi connectivity index (χ0v) is 12.5. The van der Waals surface area contributed by atoms with Gasteiger partial charge in [0, 0.05) is 23.8 Å². The number of nitrogens with one attached hydrogen (secondary N) is 1. The van der Waals surface area contributed by atoms with Crippen LogP contribution in [-0.2, 0) is 0 Å². The maximum Gasteiger partial charge on any atom is 0.227 e. The Kier molecular flexibility index (Phi) is 3.92. The van der Waals surface area contributed by atoms with Crippen molar-refractivity contribution in [1.29, 1.82) is 0 Å². The number of benzene rings is 1. The first-order valence-corrected chi connectivity index (χ1v) is 7.33. The van der Waals surface area contributed by atoms with Crippen molar-refractivity contribution in [3.8, 4) is 0 Å². The largest absolute Gasteiger partial charge is 0.341 e. The molecule has 0 bridgehead atoms. The lowest BCUT2D eigenvalue weighted by molar-refractivity contribution is 0.605. The van der Waals surface area contributed by atoms with E-state index in [0.29, 0.717) is 22.4 Å². The Morgan fingerprint density at radius 1 is 1.24 bits per heavy atom. The van der Waals surface area contributed by atoms with Gasteiger partial charge in [-0.15, -0.1) is 0 Å². The lowest BCUT2D eigenvalue weighted by Crippen LogP contribution is -2.21. The van der Waals surface area contributed by atoms with E-state index in [-0.39, 0.29) is 5.82 Å². The Morgan fingerprint density at radius 2 is 2.00 bits per heavy atom. The topological polar surface area (TPSA) is 41.1 Å². The second kappa shape index (κ2) is 5.85. The molecule has 110 valence electrons. The maximum absolute atomic E-state index is 14.2. The first kappa shape index (κ1) is 14.1. The third-order valence-electron chi connectivity index (χ3n) is 3.48. The van der Waals surface area contributed by atoms with Crippen molar-refractivity contribution in [3.63, 3.8) is 0 Å². The van der Waals surface area contributed by atoms with E-state index in [1.54, 1.807) is 25.1 Å². The third-order valence-corrected chi connectivity index (χ3v) is 3.72. The highest BCUT2D eigenvalue weighted by Crippen LogP contribution is 2.25. The van der Waals surface area contributed by atoms with Crippen molar-refractivity contribution >= 4 is 29.1 Å². The van der Waals surface area contributed by atoms with Gasteiger partial charge >= 0.3 is 0 Å². The minimum absolute atomic E-state index is 0.187. The molecule has 0 atom stereocenters. The summed E-state index contributed by atoms with van der Waals surface area (Å²) in [5.74, 6) is 0.334. The Balaban J connectivity index is 1.93. The molecule has 2 aromatic rings. The monoisotopic (exact) mass is 306 g/mol. The summed E-state index contributed by atoms with van der Waals surface area (Å²) in [5, 5.41) is 3.57. The summed E-state index contributed by atoms with van der Waals surface area (Å²) in [6.07, 6.45) is 2.24. The van der Waals surface area contributed by atoms with Gasteiger partial charge in [0.05, 0.1) is 5.69 Å². The van der Waals surface area contributed by atoms with Crippen LogP contribution in [0.3, 0.4) is 0 Å². The van der Waals surface area contributed by atoms with Crippen molar-refractivity contribution in [2.24, 2.45) is 0 Å². The molecule has 2 heterocycles.